The minimum atomic E-state index is -0.892. The Morgan fingerprint density at radius 1 is 0.889 bits per heavy atom. The quantitative estimate of drug-likeness (QED) is 0.110. The molecule has 0 radical (unpaired) electrons. The van der Waals surface area contributed by atoms with Gasteiger partial charge < -0.3 is 34.1 Å². The van der Waals surface area contributed by atoms with Crippen molar-refractivity contribution in [3.8, 4) is 23.0 Å². The fourth-order valence-corrected chi connectivity index (χ4v) is 4.98. The lowest BCUT2D eigenvalue weighted by Gasteiger charge is -2.20. The van der Waals surface area contributed by atoms with Gasteiger partial charge in [0.05, 0.1) is 39.5 Å². The fourth-order valence-electron chi connectivity index (χ4n) is 4.98. The molecule has 248 valence electrons. The van der Waals surface area contributed by atoms with Gasteiger partial charge in [-0.2, -0.15) is 0 Å². The van der Waals surface area contributed by atoms with Gasteiger partial charge in [0.15, 0.2) is 34.6 Å². The molecule has 0 atom stereocenters. The Balaban J connectivity index is 0.00000705. The summed E-state index contributed by atoms with van der Waals surface area (Å²) in [6.07, 6.45) is 4.23. The predicted octanol–water partition coefficient (Wildman–Crippen LogP) is 6.05. The molecule has 0 amide bonds. The summed E-state index contributed by atoms with van der Waals surface area (Å²) in [5, 5.41) is 26.5. The number of nitrogens with one attached hydrogen (secondary N) is 1. The van der Waals surface area contributed by atoms with E-state index in [1.807, 2.05) is 6.92 Å². The highest BCUT2D eigenvalue weighted by atomic mass is 79.9. The summed E-state index contributed by atoms with van der Waals surface area (Å²) in [5.74, 6) is -2.00. The van der Waals surface area contributed by atoms with Gasteiger partial charge in [-0.1, -0.05) is 13.3 Å². The Hall–Kier alpha value is -3.87. The monoisotopic (exact) mass is 696 g/mol. The van der Waals surface area contributed by atoms with Crippen LogP contribution in [0.15, 0.2) is 18.2 Å². The summed E-state index contributed by atoms with van der Waals surface area (Å²) in [4.78, 5) is 36.9. The molecular weight excluding hydrogens is 655 g/mol. The van der Waals surface area contributed by atoms with Crippen LogP contribution in [-0.2, 0) is 22.6 Å². The Morgan fingerprint density at radius 3 is 2.11 bits per heavy atom. The number of carboxylic acid groups (broad SMARTS) is 2. The smallest absolute Gasteiger partial charge is 0.303 e. The number of aliphatic carboxylic acids is 2. The van der Waals surface area contributed by atoms with Gasteiger partial charge in [-0.15, -0.1) is 17.0 Å². The van der Waals surface area contributed by atoms with E-state index in [2.05, 4.69) is 0 Å². The summed E-state index contributed by atoms with van der Waals surface area (Å²) >= 11 is 0. The third-order valence-electron chi connectivity index (χ3n) is 7.27. The van der Waals surface area contributed by atoms with Crippen molar-refractivity contribution in [2.75, 3.05) is 34.0 Å². The normalized spacial score (nSPS) is 11.9. The van der Waals surface area contributed by atoms with Crippen LogP contribution in [0.2, 0.25) is 0 Å². The van der Waals surface area contributed by atoms with E-state index in [1.165, 1.54) is 19.1 Å². The molecule has 1 aliphatic heterocycles. The number of benzene rings is 2. The van der Waals surface area contributed by atoms with E-state index in [4.69, 9.17) is 34.6 Å². The van der Waals surface area contributed by atoms with Crippen molar-refractivity contribution in [3.05, 3.63) is 46.3 Å². The van der Waals surface area contributed by atoms with E-state index < -0.39 is 17.8 Å². The standard InChI is InChI=1S/C32H41FN2O9.BrH/c1-4-5-10-20-15-21(16-25(43-13-8-6-11-26(37)38)30(20)44-14-9-7-12-27(39)40)23(36)19-35-18-22-17-24(41-2)31(42-3)29(33)28(22)32(35)34;/h15-17,34H,4-14,18-19H2,1-3H3,(H,37,38)(H,39,40);1H. The number of methoxy groups -OCH3 is 2. The number of amidine groups is 1. The van der Waals surface area contributed by atoms with Crippen molar-refractivity contribution in [3.63, 3.8) is 0 Å². The number of Topliss-reactive ketones (excluding diaryl/α,β-unsaturated/α-hetero) is 1. The molecule has 0 bridgehead atoms. The molecule has 2 aromatic rings. The Kier molecular flexibility index (Phi) is 15.1. The number of halogens is 2. The van der Waals surface area contributed by atoms with Crippen LogP contribution in [0, 0.1) is 11.2 Å². The molecule has 3 N–H and O–H groups in total. The van der Waals surface area contributed by atoms with Crippen LogP contribution in [0.1, 0.15) is 85.3 Å². The van der Waals surface area contributed by atoms with Crippen LogP contribution in [0.5, 0.6) is 23.0 Å². The van der Waals surface area contributed by atoms with E-state index in [0.29, 0.717) is 54.7 Å². The maximum absolute atomic E-state index is 15.2. The molecule has 0 aliphatic carbocycles. The van der Waals surface area contributed by atoms with E-state index in [9.17, 15) is 14.4 Å². The molecule has 0 spiro atoms. The third kappa shape index (κ3) is 10.1. The van der Waals surface area contributed by atoms with Crippen LogP contribution in [0.25, 0.3) is 0 Å². The van der Waals surface area contributed by atoms with Crippen LogP contribution >= 0.6 is 17.0 Å². The summed E-state index contributed by atoms with van der Waals surface area (Å²) < 4.78 is 37.7. The van der Waals surface area contributed by atoms with Gasteiger partial charge in [-0.3, -0.25) is 19.8 Å². The largest absolute Gasteiger partial charge is 0.493 e. The lowest BCUT2D eigenvalue weighted by atomic mass is 10.0. The highest BCUT2D eigenvalue weighted by Crippen LogP contribution is 2.39. The molecule has 3 rings (SSSR count). The number of ether oxygens (including phenoxy) is 4. The summed E-state index contributed by atoms with van der Waals surface area (Å²) in [6, 6.07) is 4.94. The van der Waals surface area contributed by atoms with Gasteiger partial charge in [-0.05, 0) is 67.9 Å². The number of rotatable bonds is 20. The molecule has 0 saturated heterocycles. The number of hydrogen-bond acceptors (Lipinski definition) is 8. The summed E-state index contributed by atoms with van der Waals surface area (Å²) in [6.45, 7) is 2.48. The molecule has 0 fully saturated rings. The SMILES string of the molecule is Br.CCCCc1cc(C(=O)CN2Cc3cc(OC)c(OC)c(F)c3C2=N)cc(OCCCCC(=O)O)c1OCCCCC(=O)O. The number of carbonyl (C=O) groups excluding carboxylic acids is 1. The molecule has 1 heterocycles. The Labute approximate surface area is 272 Å². The first-order valence-electron chi connectivity index (χ1n) is 14.8. The molecule has 13 heteroatoms. The highest BCUT2D eigenvalue weighted by molar-refractivity contribution is 8.93. The average Bonchev–Trinajstić information content (AvgIpc) is 3.30. The number of fused-ring (bicyclic) bond motifs is 1. The Morgan fingerprint density at radius 2 is 1.53 bits per heavy atom. The van der Waals surface area contributed by atoms with Crippen LogP contribution < -0.4 is 18.9 Å². The molecule has 0 unspecified atom stereocenters. The topological polar surface area (TPSA) is 156 Å². The lowest BCUT2D eigenvalue weighted by Crippen LogP contribution is -2.30. The summed E-state index contributed by atoms with van der Waals surface area (Å²) in [5.41, 5.74) is 1.68. The van der Waals surface area contributed by atoms with E-state index in [-0.39, 0.29) is 84.8 Å². The van der Waals surface area contributed by atoms with Crippen LogP contribution in [-0.4, -0.2) is 72.6 Å². The van der Waals surface area contributed by atoms with Crippen LogP contribution in [0.3, 0.4) is 0 Å². The zero-order chi connectivity index (χ0) is 32.2. The van der Waals surface area contributed by atoms with Crippen molar-refractivity contribution >= 4 is 40.5 Å². The minimum Gasteiger partial charge on any atom is -0.493 e. The third-order valence-corrected chi connectivity index (χ3v) is 7.27. The molecule has 1 aliphatic rings. The van der Waals surface area contributed by atoms with E-state index in [1.54, 1.807) is 18.2 Å². The maximum Gasteiger partial charge on any atom is 0.303 e. The molecule has 0 saturated carbocycles. The number of carboxylic acids is 2. The van der Waals surface area contributed by atoms with Gasteiger partial charge >= 0.3 is 11.9 Å². The minimum absolute atomic E-state index is 0. The fraction of sp³-hybridized carbons (Fsp3) is 0.500. The summed E-state index contributed by atoms with van der Waals surface area (Å²) in [7, 11) is 2.72. The van der Waals surface area contributed by atoms with Crippen molar-refractivity contribution < 1.29 is 47.9 Å². The lowest BCUT2D eigenvalue weighted by molar-refractivity contribution is -0.138. The van der Waals surface area contributed by atoms with Gasteiger partial charge in [0.2, 0.25) is 0 Å². The van der Waals surface area contributed by atoms with Crippen LogP contribution in [0.4, 0.5) is 4.39 Å². The molecular formula is C32H42BrFN2O9. The molecule has 0 aromatic heterocycles. The van der Waals surface area contributed by atoms with E-state index in [0.717, 1.165) is 18.4 Å². The highest BCUT2D eigenvalue weighted by Gasteiger charge is 2.33. The van der Waals surface area contributed by atoms with Crippen molar-refractivity contribution in [1.29, 1.82) is 5.41 Å². The maximum atomic E-state index is 15.2. The van der Waals surface area contributed by atoms with Gasteiger partial charge in [-0.25, -0.2) is 4.39 Å². The molecule has 11 nitrogen and oxygen atoms in total. The first-order chi connectivity index (χ1) is 21.1. The van der Waals surface area contributed by atoms with Crippen molar-refractivity contribution in [2.24, 2.45) is 0 Å². The number of hydrogen-bond donors (Lipinski definition) is 3. The second-order valence-electron chi connectivity index (χ2n) is 10.6. The first-order valence-corrected chi connectivity index (χ1v) is 14.8. The first kappa shape index (κ1) is 37.3. The van der Waals surface area contributed by atoms with Crippen molar-refractivity contribution in [1.82, 2.24) is 4.90 Å². The average molecular weight is 698 g/mol. The molecule has 45 heavy (non-hydrogen) atoms. The van der Waals surface area contributed by atoms with Gasteiger partial charge in [0, 0.05) is 24.9 Å². The number of nitrogens with zero attached hydrogens (tertiary/aromatic N) is 1. The number of unbranched alkanes of at least 4 members (excludes halogenated alkanes) is 3. The predicted molar refractivity (Wildman–Crippen MR) is 170 cm³/mol. The number of ketones is 1. The second kappa shape index (κ2) is 18.2. The van der Waals surface area contributed by atoms with Gasteiger partial charge in [0.25, 0.3) is 0 Å². The zero-order valence-electron chi connectivity index (χ0n) is 25.9. The second-order valence-corrected chi connectivity index (χ2v) is 10.6. The molecule has 2 aromatic carbocycles. The van der Waals surface area contributed by atoms with E-state index >= 15 is 4.39 Å². The zero-order valence-corrected chi connectivity index (χ0v) is 27.6. The van der Waals surface area contributed by atoms with Gasteiger partial charge in [0.1, 0.15) is 5.84 Å². The number of aryl methyl sites for hydroxylation is 1. The Bertz CT molecular complexity index is 1370. The van der Waals surface area contributed by atoms with Crippen molar-refractivity contribution in [2.45, 2.75) is 71.3 Å². The number of carbonyl (C=O) groups is 3.